The molecular formula is C21H19BrN4OS. The van der Waals surface area contributed by atoms with E-state index < -0.39 is 0 Å². The van der Waals surface area contributed by atoms with Gasteiger partial charge < -0.3 is 4.90 Å². The zero-order valence-corrected chi connectivity index (χ0v) is 18.0. The summed E-state index contributed by atoms with van der Waals surface area (Å²) in [6.45, 7) is 6.23. The van der Waals surface area contributed by atoms with Gasteiger partial charge in [0.05, 0.1) is 4.53 Å². The number of hydrogen-bond acceptors (Lipinski definition) is 5. The van der Waals surface area contributed by atoms with Crippen LogP contribution in [0.2, 0.25) is 0 Å². The summed E-state index contributed by atoms with van der Waals surface area (Å²) in [5.41, 5.74) is 2.96. The maximum Gasteiger partial charge on any atom is 0.276 e. The van der Waals surface area contributed by atoms with Gasteiger partial charge in [-0.15, -0.1) is 10.2 Å². The van der Waals surface area contributed by atoms with Crippen molar-refractivity contribution in [1.29, 1.82) is 0 Å². The van der Waals surface area contributed by atoms with Crippen LogP contribution in [0.5, 0.6) is 0 Å². The Morgan fingerprint density at radius 2 is 1.71 bits per heavy atom. The van der Waals surface area contributed by atoms with E-state index in [0.29, 0.717) is 15.3 Å². The molecule has 0 radical (unpaired) electrons. The van der Waals surface area contributed by atoms with E-state index >= 15 is 0 Å². The predicted octanol–water partition coefficient (Wildman–Crippen LogP) is 3.97. The highest BCUT2D eigenvalue weighted by atomic mass is 79.9. The van der Waals surface area contributed by atoms with Crippen molar-refractivity contribution in [2.45, 2.75) is 13.8 Å². The van der Waals surface area contributed by atoms with Gasteiger partial charge in [-0.1, -0.05) is 51.5 Å². The Bertz CT molecular complexity index is 1210. The normalized spacial score (nSPS) is 12.0. The first-order chi connectivity index (χ1) is 13.6. The van der Waals surface area contributed by atoms with E-state index in [0.717, 1.165) is 28.7 Å². The van der Waals surface area contributed by atoms with Crippen LogP contribution in [0, 0.1) is 0 Å². The Labute approximate surface area is 175 Å². The molecule has 142 valence electrons. The van der Waals surface area contributed by atoms with E-state index in [-0.39, 0.29) is 5.56 Å². The van der Waals surface area contributed by atoms with Crippen molar-refractivity contribution in [3.8, 4) is 11.4 Å². The summed E-state index contributed by atoms with van der Waals surface area (Å²) >= 11 is 4.79. The maximum atomic E-state index is 13.0. The molecular weight excluding hydrogens is 436 g/mol. The second-order valence-corrected chi connectivity index (χ2v) is 8.25. The minimum Gasteiger partial charge on any atom is -0.372 e. The lowest BCUT2D eigenvalue weighted by Crippen LogP contribution is -2.23. The number of nitrogens with zero attached hydrogens (tertiary/aromatic N) is 4. The quantitative estimate of drug-likeness (QED) is 0.457. The molecule has 0 fully saturated rings. The summed E-state index contributed by atoms with van der Waals surface area (Å²) in [5.74, 6) is 0.570. The van der Waals surface area contributed by atoms with Crippen LogP contribution in [0.3, 0.4) is 0 Å². The number of anilines is 1. The number of benzene rings is 2. The average Bonchev–Trinajstić information content (AvgIpc) is 3.25. The summed E-state index contributed by atoms with van der Waals surface area (Å²) in [6, 6.07) is 16.0. The molecule has 2 aromatic carbocycles. The molecule has 4 rings (SSSR count). The Morgan fingerprint density at radius 1 is 1.04 bits per heavy atom. The third kappa shape index (κ3) is 3.47. The maximum absolute atomic E-state index is 13.0. The van der Waals surface area contributed by atoms with Crippen molar-refractivity contribution < 1.29 is 0 Å². The lowest BCUT2D eigenvalue weighted by atomic mass is 10.2. The van der Waals surface area contributed by atoms with Crippen LogP contribution in [0.25, 0.3) is 22.4 Å². The number of aromatic nitrogens is 3. The molecule has 7 heteroatoms. The predicted molar refractivity (Wildman–Crippen MR) is 119 cm³/mol. The van der Waals surface area contributed by atoms with Gasteiger partial charge in [-0.2, -0.15) is 0 Å². The number of thiazole rings is 1. The van der Waals surface area contributed by atoms with Crippen LogP contribution in [0.1, 0.15) is 19.4 Å². The summed E-state index contributed by atoms with van der Waals surface area (Å²) in [5, 5.41) is 8.40. The summed E-state index contributed by atoms with van der Waals surface area (Å²) in [6.07, 6.45) is 1.92. The minimum absolute atomic E-state index is 0.0873. The van der Waals surface area contributed by atoms with Gasteiger partial charge in [-0.25, -0.2) is 4.40 Å². The molecule has 0 unspecified atom stereocenters. The first-order valence-corrected chi connectivity index (χ1v) is 10.7. The van der Waals surface area contributed by atoms with Crippen molar-refractivity contribution in [1.82, 2.24) is 14.6 Å². The molecule has 0 saturated carbocycles. The summed E-state index contributed by atoms with van der Waals surface area (Å²) < 4.78 is 3.22. The molecule has 2 heterocycles. The highest BCUT2D eigenvalue weighted by molar-refractivity contribution is 9.10. The van der Waals surface area contributed by atoms with Crippen molar-refractivity contribution in [3.63, 3.8) is 0 Å². The molecule has 0 saturated heterocycles. The van der Waals surface area contributed by atoms with Gasteiger partial charge in [0.25, 0.3) is 5.56 Å². The highest BCUT2D eigenvalue weighted by Crippen LogP contribution is 2.20. The highest BCUT2D eigenvalue weighted by Gasteiger charge is 2.14. The molecule has 0 aliphatic heterocycles. The fourth-order valence-corrected chi connectivity index (χ4v) is 4.35. The first-order valence-electron chi connectivity index (χ1n) is 9.11. The molecule has 5 nitrogen and oxygen atoms in total. The number of fused-ring (bicyclic) bond motifs is 1. The average molecular weight is 455 g/mol. The SMILES string of the molecule is CCN(CC)c1ccc(C=c2sc3nnc(-c4ccc(Br)cc4)n3c2=O)cc1. The van der Waals surface area contributed by atoms with E-state index in [4.69, 9.17) is 0 Å². The molecule has 0 atom stereocenters. The Kier molecular flexibility index (Phi) is 5.28. The minimum atomic E-state index is -0.0873. The largest absolute Gasteiger partial charge is 0.372 e. The Morgan fingerprint density at radius 3 is 2.36 bits per heavy atom. The van der Waals surface area contributed by atoms with Gasteiger partial charge in [0.1, 0.15) is 0 Å². The number of hydrogen-bond donors (Lipinski definition) is 0. The fourth-order valence-electron chi connectivity index (χ4n) is 3.17. The second-order valence-electron chi connectivity index (χ2n) is 6.33. The van der Waals surface area contributed by atoms with Crippen LogP contribution >= 0.6 is 27.3 Å². The molecule has 4 aromatic rings. The molecule has 0 aliphatic rings. The van der Waals surface area contributed by atoms with Crippen LogP contribution < -0.4 is 15.0 Å². The van der Waals surface area contributed by atoms with Crippen LogP contribution in [-0.2, 0) is 0 Å². The van der Waals surface area contributed by atoms with E-state index in [9.17, 15) is 4.79 Å². The summed E-state index contributed by atoms with van der Waals surface area (Å²) in [7, 11) is 0. The van der Waals surface area contributed by atoms with E-state index in [1.54, 1.807) is 4.40 Å². The zero-order valence-electron chi connectivity index (χ0n) is 15.6. The smallest absolute Gasteiger partial charge is 0.276 e. The molecule has 0 N–H and O–H groups in total. The Balaban J connectivity index is 1.75. The van der Waals surface area contributed by atoms with Crippen molar-refractivity contribution in [3.05, 3.63) is 73.5 Å². The van der Waals surface area contributed by atoms with Gasteiger partial charge in [0, 0.05) is 28.8 Å². The second kappa shape index (κ2) is 7.85. The van der Waals surface area contributed by atoms with Crippen LogP contribution in [-0.4, -0.2) is 27.7 Å². The van der Waals surface area contributed by atoms with Gasteiger partial charge in [-0.3, -0.25) is 4.79 Å². The van der Waals surface area contributed by atoms with E-state index in [1.807, 2.05) is 42.5 Å². The Hall–Kier alpha value is -2.51. The lowest BCUT2D eigenvalue weighted by Gasteiger charge is -2.20. The van der Waals surface area contributed by atoms with Crippen molar-refractivity contribution >= 4 is 44.0 Å². The van der Waals surface area contributed by atoms with Gasteiger partial charge in [0.2, 0.25) is 4.96 Å². The topological polar surface area (TPSA) is 50.5 Å². The third-order valence-electron chi connectivity index (χ3n) is 4.67. The first kappa shape index (κ1) is 18.8. The molecule has 0 aliphatic carbocycles. The standard InChI is InChI=1S/C21H19BrN4OS/c1-3-25(4-2)17-11-5-14(6-12-17)13-18-20(27)26-19(23-24-21(26)28-18)15-7-9-16(22)10-8-15/h5-13H,3-4H2,1-2H3. The van der Waals surface area contributed by atoms with Gasteiger partial charge in [0.15, 0.2) is 5.82 Å². The third-order valence-corrected chi connectivity index (χ3v) is 6.16. The summed E-state index contributed by atoms with van der Waals surface area (Å²) in [4.78, 5) is 15.9. The lowest BCUT2D eigenvalue weighted by molar-refractivity contribution is 0.866. The molecule has 28 heavy (non-hydrogen) atoms. The van der Waals surface area contributed by atoms with Crippen LogP contribution in [0.15, 0.2) is 57.8 Å². The monoisotopic (exact) mass is 454 g/mol. The van der Waals surface area contributed by atoms with Crippen molar-refractivity contribution in [2.24, 2.45) is 0 Å². The van der Waals surface area contributed by atoms with Gasteiger partial charge in [-0.05, 0) is 49.8 Å². The molecule has 0 amide bonds. The fraction of sp³-hybridized carbons (Fsp3) is 0.190. The molecule has 0 spiro atoms. The molecule has 2 aromatic heterocycles. The van der Waals surface area contributed by atoms with Crippen molar-refractivity contribution in [2.75, 3.05) is 18.0 Å². The van der Waals surface area contributed by atoms with E-state index in [2.05, 4.69) is 57.0 Å². The van der Waals surface area contributed by atoms with Gasteiger partial charge >= 0.3 is 0 Å². The van der Waals surface area contributed by atoms with E-state index in [1.165, 1.54) is 17.0 Å². The number of halogens is 1. The zero-order chi connectivity index (χ0) is 19.7. The van der Waals surface area contributed by atoms with Crippen LogP contribution in [0.4, 0.5) is 5.69 Å². The number of rotatable bonds is 5. The molecule has 0 bridgehead atoms.